The van der Waals surface area contributed by atoms with Gasteiger partial charge in [-0.25, -0.2) is 0 Å². The molecular weight excluding hydrogens is 318 g/mol. The summed E-state index contributed by atoms with van der Waals surface area (Å²) in [5.41, 5.74) is 0.699. The molecule has 5 nitrogen and oxygen atoms in total. The lowest BCUT2D eigenvalue weighted by Gasteiger charge is -2.59. The minimum atomic E-state index is -0.908. The normalized spacial score (nSPS) is 39.1. The SMILES string of the molecule is COc1ccc2c3c1OC1C(=O)CCC4(O)C(C2)NCCC314.Cl. The molecule has 1 aromatic carbocycles. The molecule has 2 aliphatic carbocycles. The predicted octanol–water partition coefficient (Wildman–Crippen LogP) is 1.13. The Morgan fingerprint density at radius 1 is 1.39 bits per heavy atom. The van der Waals surface area contributed by atoms with Crippen LogP contribution in [-0.4, -0.2) is 42.3 Å². The number of aliphatic hydroxyl groups is 1. The number of rotatable bonds is 1. The molecule has 4 unspecified atom stereocenters. The van der Waals surface area contributed by atoms with E-state index in [9.17, 15) is 9.90 Å². The van der Waals surface area contributed by atoms with E-state index in [1.165, 1.54) is 5.56 Å². The number of methoxy groups -OCH3 is 1. The lowest BCUT2D eigenvalue weighted by atomic mass is 9.49. The number of piperidine rings is 1. The zero-order chi connectivity index (χ0) is 15.1. The number of carbonyl (C=O) groups is 1. The van der Waals surface area contributed by atoms with Crippen LogP contribution in [0.15, 0.2) is 12.1 Å². The van der Waals surface area contributed by atoms with Gasteiger partial charge < -0.3 is 19.9 Å². The molecule has 4 atom stereocenters. The number of benzene rings is 1. The number of carbonyl (C=O) groups excluding carboxylic acids is 1. The van der Waals surface area contributed by atoms with Crippen molar-refractivity contribution in [3.8, 4) is 11.5 Å². The summed E-state index contributed by atoms with van der Waals surface area (Å²) >= 11 is 0. The van der Waals surface area contributed by atoms with E-state index in [1.54, 1.807) is 7.11 Å². The molecule has 0 radical (unpaired) electrons. The molecule has 4 aliphatic rings. The fourth-order valence-electron chi connectivity index (χ4n) is 5.37. The first-order valence-electron chi connectivity index (χ1n) is 7.97. The maximum Gasteiger partial charge on any atom is 0.174 e. The van der Waals surface area contributed by atoms with Crippen molar-refractivity contribution in [2.45, 2.75) is 48.8 Å². The van der Waals surface area contributed by atoms with E-state index in [0.717, 1.165) is 24.9 Å². The molecule has 5 rings (SSSR count). The molecule has 6 heteroatoms. The molecule has 1 saturated heterocycles. The average Bonchev–Trinajstić information content (AvgIpc) is 2.85. The second-order valence-electron chi connectivity index (χ2n) is 6.95. The van der Waals surface area contributed by atoms with Crippen molar-refractivity contribution in [2.75, 3.05) is 13.7 Å². The number of Topliss-reactive ketones (excluding diaryl/α,β-unsaturated/α-hetero) is 1. The highest BCUT2D eigenvalue weighted by Gasteiger charge is 2.71. The highest BCUT2D eigenvalue weighted by Crippen LogP contribution is 2.63. The average molecular weight is 338 g/mol. The van der Waals surface area contributed by atoms with E-state index in [1.807, 2.05) is 6.07 Å². The van der Waals surface area contributed by atoms with E-state index in [-0.39, 0.29) is 24.2 Å². The van der Waals surface area contributed by atoms with Gasteiger partial charge in [0.1, 0.15) is 0 Å². The van der Waals surface area contributed by atoms with Crippen LogP contribution in [0.3, 0.4) is 0 Å². The smallest absolute Gasteiger partial charge is 0.174 e. The van der Waals surface area contributed by atoms with Crippen molar-refractivity contribution < 1.29 is 19.4 Å². The minimum absolute atomic E-state index is 0. The summed E-state index contributed by atoms with van der Waals surface area (Å²) in [6.07, 6.45) is 1.83. The Morgan fingerprint density at radius 2 is 2.22 bits per heavy atom. The van der Waals surface area contributed by atoms with Gasteiger partial charge in [0.05, 0.1) is 18.1 Å². The van der Waals surface area contributed by atoms with Crippen LogP contribution in [0.25, 0.3) is 0 Å². The Bertz CT molecular complexity index is 708. The van der Waals surface area contributed by atoms with Crippen LogP contribution in [0.2, 0.25) is 0 Å². The third-order valence-corrected chi connectivity index (χ3v) is 6.29. The summed E-state index contributed by atoms with van der Waals surface area (Å²) in [7, 11) is 1.61. The molecule has 2 aliphatic heterocycles. The molecule has 2 bridgehead atoms. The lowest BCUT2D eigenvalue weighted by molar-refractivity contribution is -0.166. The maximum atomic E-state index is 12.6. The predicted molar refractivity (Wildman–Crippen MR) is 85.6 cm³/mol. The van der Waals surface area contributed by atoms with Gasteiger partial charge in [-0.15, -0.1) is 12.4 Å². The Labute approximate surface area is 140 Å². The van der Waals surface area contributed by atoms with Crippen molar-refractivity contribution in [3.05, 3.63) is 23.3 Å². The molecule has 1 saturated carbocycles. The van der Waals surface area contributed by atoms with Gasteiger partial charge in [-0.2, -0.15) is 0 Å². The third-order valence-electron chi connectivity index (χ3n) is 6.29. The molecule has 124 valence electrons. The topological polar surface area (TPSA) is 67.8 Å². The molecule has 2 N–H and O–H groups in total. The molecule has 23 heavy (non-hydrogen) atoms. The van der Waals surface area contributed by atoms with Crippen molar-refractivity contribution in [2.24, 2.45) is 0 Å². The molecule has 2 fully saturated rings. The van der Waals surface area contributed by atoms with Crippen molar-refractivity contribution in [3.63, 3.8) is 0 Å². The lowest BCUT2D eigenvalue weighted by Crippen LogP contribution is -2.76. The summed E-state index contributed by atoms with van der Waals surface area (Å²) in [5, 5.41) is 15.0. The summed E-state index contributed by atoms with van der Waals surface area (Å²) in [4.78, 5) is 12.6. The van der Waals surface area contributed by atoms with Crippen LogP contribution < -0.4 is 14.8 Å². The van der Waals surface area contributed by atoms with Crippen molar-refractivity contribution in [1.29, 1.82) is 0 Å². The van der Waals surface area contributed by atoms with Crippen LogP contribution in [0.5, 0.6) is 11.5 Å². The molecule has 1 spiro atoms. The van der Waals surface area contributed by atoms with Gasteiger partial charge in [0.25, 0.3) is 0 Å². The Morgan fingerprint density at radius 3 is 3.00 bits per heavy atom. The van der Waals surface area contributed by atoms with Crippen LogP contribution in [0.4, 0.5) is 0 Å². The maximum absolute atomic E-state index is 12.6. The first-order chi connectivity index (χ1) is 10.6. The summed E-state index contributed by atoms with van der Waals surface area (Å²) < 4.78 is 11.6. The standard InChI is InChI=1S/C17H19NO4.ClH/c1-21-11-3-2-9-8-12-17(20)5-4-10(19)15-16(17,6-7-18-12)13(9)14(11)22-15;/h2-3,12,15,18,20H,4-8H2,1H3;1H. The number of ether oxygens (including phenoxy) is 2. The highest BCUT2D eigenvalue weighted by molar-refractivity contribution is 5.90. The monoisotopic (exact) mass is 337 g/mol. The number of hydrogen-bond donors (Lipinski definition) is 2. The van der Waals surface area contributed by atoms with Crippen LogP contribution >= 0.6 is 12.4 Å². The van der Waals surface area contributed by atoms with Gasteiger partial charge in [0, 0.05) is 18.0 Å². The largest absolute Gasteiger partial charge is 0.493 e. The highest BCUT2D eigenvalue weighted by atomic mass is 35.5. The van der Waals surface area contributed by atoms with Crippen LogP contribution in [0.1, 0.15) is 30.4 Å². The molecule has 2 heterocycles. The Kier molecular flexibility index (Phi) is 3.06. The molecule has 1 aromatic rings. The minimum Gasteiger partial charge on any atom is -0.493 e. The molecular formula is C17H20ClNO4. The fourth-order valence-corrected chi connectivity index (χ4v) is 5.37. The van der Waals surface area contributed by atoms with Crippen molar-refractivity contribution in [1.82, 2.24) is 5.32 Å². The first-order valence-corrected chi connectivity index (χ1v) is 7.97. The third kappa shape index (κ3) is 1.49. The molecule has 0 aromatic heterocycles. The van der Waals surface area contributed by atoms with Gasteiger partial charge in [-0.3, -0.25) is 4.79 Å². The second kappa shape index (κ2) is 4.62. The summed E-state index contributed by atoms with van der Waals surface area (Å²) in [6, 6.07) is 3.96. The number of hydrogen-bond acceptors (Lipinski definition) is 5. The fraction of sp³-hybridized carbons (Fsp3) is 0.588. The van der Waals surface area contributed by atoms with Gasteiger partial charge in [-0.05, 0) is 37.4 Å². The quantitative estimate of drug-likeness (QED) is 0.804. The van der Waals surface area contributed by atoms with Crippen molar-refractivity contribution >= 4 is 18.2 Å². The number of nitrogens with one attached hydrogen (secondary N) is 1. The van der Waals surface area contributed by atoms with E-state index in [2.05, 4.69) is 11.4 Å². The van der Waals surface area contributed by atoms with Crippen LogP contribution in [0, 0.1) is 0 Å². The Hall–Kier alpha value is -1.30. The Balaban J connectivity index is 0.00000135. The first kappa shape index (κ1) is 15.2. The zero-order valence-electron chi connectivity index (χ0n) is 12.9. The van der Waals surface area contributed by atoms with Crippen LogP contribution in [-0.2, 0) is 16.6 Å². The zero-order valence-corrected chi connectivity index (χ0v) is 13.7. The van der Waals surface area contributed by atoms with Gasteiger partial charge >= 0.3 is 0 Å². The summed E-state index contributed by atoms with van der Waals surface area (Å²) in [5.74, 6) is 1.45. The van der Waals surface area contributed by atoms with Gasteiger partial charge in [0.15, 0.2) is 23.4 Å². The molecule has 0 amide bonds. The van der Waals surface area contributed by atoms with E-state index < -0.39 is 17.1 Å². The number of halogens is 1. The van der Waals surface area contributed by atoms with E-state index in [0.29, 0.717) is 24.3 Å². The van der Waals surface area contributed by atoms with Gasteiger partial charge in [-0.1, -0.05) is 6.07 Å². The second-order valence-corrected chi connectivity index (χ2v) is 6.95. The number of ketones is 1. The van der Waals surface area contributed by atoms with Gasteiger partial charge in [0.2, 0.25) is 0 Å². The van der Waals surface area contributed by atoms with E-state index >= 15 is 0 Å². The van der Waals surface area contributed by atoms with E-state index in [4.69, 9.17) is 9.47 Å². The summed E-state index contributed by atoms with van der Waals surface area (Å²) in [6.45, 7) is 0.802.